The van der Waals surface area contributed by atoms with Crippen molar-refractivity contribution in [1.29, 1.82) is 0 Å². The first-order valence-electron chi connectivity index (χ1n) is 8.84. The Hall–Kier alpha value is -2.32. The maximum Gasteiger partial charge on any atom is 0.341 e. The largest absolute Gasteiger partial charge is 0.465 e. The van der Waals surface area contributed by atoms with Crippen molar-refractivity contribution in [3.63, 3.8) is 0 Å². The monoisotopic (exact) mass is 418 g/mol. The predicted molar refractivity (Wildman–Crippen MR) is 111 cm³/mol. The van der Waals surface area contributed by atoms with Crippen LogP contribution in [-0.4, -0.2) is 42.6 Å². The number of hydrogen-bond donors (Lipinski definition) is 1. The number of thiophene rings is 1. The minimum atomic E-state index is -0.464. The maximum atomic E-state index is 12.6. The van der Waals surface area contributed by atoms with Crippen molar-refractivity contribution in [3.05, 3.63) is 45.8 Å². The first-order chi connectivity index (χ1) is 13.4. The number of nitrogens with one attached hydrogen (secondary N) is 1. The van der Waals surface area contributed by atoms with E-state index >= 15 is 0 Å². The second-order valence-corrected chi connectivity index (χ2v) is 8.45. The standard InChI is InChI=1S/C20H22N2O4S2/c1-12(23)22-9-8-15-16(11-22)28-19(18(15)20(25)26-2)21-17(24)10-13-4-6-14(27-3)7-5-13/h4-7H,8-11H2,1-3H3,(H,21,24). The zero-order valence-electron chi connectivity index (χ0n) is 16.0. The molecule has 0 saturated carbocycles. The molecule has 2 heterocycles. The van der Waals surface area contributed by atoms with Gasteiger partial charge in [-0.1, -0.05) is 12.1 Å². The van der Waals surface area contributed by atoms with Crippen LogP contribution in [0.15, 0.2) is 29.2 Å². The molecular weight excluding hydrogens is 396 g/mol. The smallest absolute Gasteiger partial charge is 0.341 e. The Bertz CT molecular complexity index is 906. The predicted octanol–water partition coefficient (Wildman–Crippen LogP) is 3.34. The molecule has 0 saturated heterocycles. The van der Waals surface area contributed by atoms with Gasteiger partial charge in [0.2, 0.25) is 11.8 Å². The van der Waals surface area contributed by atoms with Crippen LogP contribution in [0.4, 0.5) is 5.00 Å². The minimum Gasteiger partial charge on any atom is -0.465 e. The van der Waals surface area contributed by atoms with Gasteiger partial charge in [0.1, 0.15) is 5.00 Å². The summed E-state index contributed by atoms with van der Waals surface area (Å²) in [5, 5.41) is 3.37. The van der Waals surface area contributed by atoms with Crippen molar-refractivity contribution in [2.45, 2.75) is 31.2 Å². The number of thioether (sulfide) groups is 1. The normalized spacial score (nSPS) is 13.0. The molecular formula is C20H22N2O4S2. The van der Waals surface area contributed by atoms with Gasteiger partial charge >= 0.3 is 5.97 Å². The number of amides is 2. The van der Waals surface area contributed by atoms with E-state index < -0.39 is 5.97 Å². The Kier molecular flexibility index (Phi) is 6.41. The van der Waals surface area contributed by atoms with Gasteiger partial charge in [-0.3, -0.25) is 9.59 Å². The molecule has 1 aromatic heterocycles. The van der Waals surface area contributed by atoms with Crippen LogP contribution in [-0.2, 0) is 33.7 Å². The van der Waals surface area contributed by atoms with E-state index in [1.54, 1.807) is 16.7 Å². The number of carbonyl (C=O) groups excluding carboxylic acids is 3. The summed E-state index contributed by atoms with van der Waals surface area (Å²) in [6, 6.07) is 7.81. The fraction of sp³-hybridized carbons (Fsp3) is 0.350. The van der Waals surface area contributed by atoms with E-state index in [-0.39, 0.29) is 18.2 Å². The summed E-state index contributed by atoms with van der Waals surface area (Å²) >= 11 is 2.99. The number of ether oxygens (including phenoxy) is 1. The molecule has 0 fully saturated rings. The number of nitrogens with zero attached hydrogens (tertiary/aromatic N) is 1. The van der Waals surface area contributed by atoms with Crippen molar-refractivity contribution in [2.75, 3.05) is 25.2 Å². The van der Waals surface area contributed by atoms with Gasteiger partial charge < -0.3 is 15.0 Å². The van der Waals surface area contributed by atoms with Crippen LogP contribution in [0.25, 0.3) is 0 Å². The van der Waals surface area contributed by atoms with Crippen molar-refractivity contribution in [1.82, 2.24) is 4.90 Å². The van der Waals surface area contributed by atoms with Gasteiger partial charge in [-0.15, -0.1) is 23.1 Å². The summed E-state index contributed by atoms with van der Waals surface area (Å²) in [5.74, 6) is -0.657. The Morgan fingerprint density at radius 1 is 1.25 bits per heavy atom. The number of hydrogen-bond acceptors (Lipinski definition) is 6. The molecule has 6 nitrogen and oxygen atoms in total. The third-order valence-electron chi connectivity index (χ3n) is 4.67. The van der Waals surface area contributed by atoms with Gasteiger partial charge in [0.15, 0.2) is 0 Å². The molecule has 1 N–H and O–H groups in total. The molecule has 2 aromatic rings. The number of rotatable bonds is 5. The molecule has 0 aliphatic carbocycles. The number of carbonyl (C=O) groups is 3. The van der Waals surface area contributed by atoms with Crippen LogP contribution < -0.4 is 5.32 Å². The van der Waals surface area contributed by atoms with E-state index in [9.17, 15) is 14.4 Å². The van der Waals surface area contributed by atoms with Gasteiger partial charge in [0, 0.05) is 23.2 Å². The number of benzene rings is 1. The molecule has 1 aliphatic rings. The highest BCUT2D eigenvalue weighted by Crippen LogP contribution is 2.37. The van der Waals surface area contributed by atoms with Crippen LogP contribution >= 0.6 is 23.1 Å². The lowest BCUT2D eigenvalue weighted by Gasteiger charge is -2.25. The van der Waals surface area contributed by atoms with Crippen LogP contribution in [0.5, 0.6) is 0 Å². The quantitative estimate of drug-likeness (QED) is 0.595. The number of fused-ring (bicyclic) bond motifs is 1. The molecule has 0 bridgehead atoms. The van der Waals surface area contributed by atoms with Gasteiger partial charge in [-0.05, 0) is 35.9 Å². The molecule has 148 valence electrons. The van der Waals surface area contributed by atoms with Gasteiger partial charge in [0.05, 0.1) is 25.6 Å². The average Bonchev–Trinajstić information content (AvgIpc) is 3.04. The van der Waals surface area contributed by atoms with E-state index in [1.165, 1.54) is 25.4 Å². The van der Waals surface area contributed by atoms with Gasteiger partial charge in [-0.25, -0.2) is 4.79 Å². The first kappa shape index (κ1) is 20.4. The average molecular weight is 419 g/mol. The Morgan fingerprint density at radius 3 is 2.57 bits per heavy atom. The summed E-state index contributed by atoms with van der Waals surface area (Å²) in [5.41, 5.74) is 2.18. The lowest BCUT2D eigenvalue weighted by Crippen LogP contribution is -2.33. The van der Waals surface area contributed by atoms with Crippen LogP contribution in [0.3, 0.4) is 0 Å². The Morgan fingerprint density at radius 2 is 1.96 bits per heavy atom. The molecule has 3 rings (SSSR count). The van der Waals surface area contributed by atoms with Crippen LogP contribution in [0.2, 0.25) is 0 Å². The number of methoxy groups -OCH3 is 1. The zero-order chi connectivity index (χ0) is 20.3. The van der Waals surface area contributed by atoms with Crippen molar-refractivity contribution >= 4 is 45.9 Å². The summed E-state index contributed by atoms with van der Waals surface area (Å²) in [7, 11) is 1.33. The molecule has 0 radical (unpaired) electrons. The van der Waals surface area contributed by atoms with E-state index in [2.05, 4.69) is 5.32 Å². The number of anilines is 1. The van der Waals surface area contributed by atoms with E-state index in [1.807, 2.05) is 30.5 Å². The fourth-order valence-electron chi connectivity index (χ4n) is 3.18. The molecule has 0 spiro atoms. The van der Waals surface area contributed by atoms with Gasteiger partial charge in [0.25, 0.3) is 0 Å². The summed E-state index contributed by atoms with van der Waals surface area (Å²) in [6.45, 7) is 2.54. The topological polar surface area (TPSA) is 75.7 Å². The molecule has 28 heavy (non-hydrogen) atoms. The van der Waals surface area contributed by atoms with Gasteiger partial charge in [-0.2, -0.15) is 0 Å². The molecule has 0 unspecified atom stereocenters. The van der Waals surface area contributed by atoms with E-state index in [0.717, 1.165) is 20.9 Å². The van der Waals surface area contributed by atoms with Crippen molar-refractivity contribution in [3.8, 4) is 0 Å². The van der Waals surface area contributed by atoms with Crippen molar-refractivity contribution in [2.24, 2.45) is 0 Å². The lowest BCUT2D eigenvalue weighted by atomic mass is 10.0. The molecule has 2 amide bonds. The van der Waals surface area contributed by atoms with E-state index in [0.29, 0.717) is 30.1 Å². The Labute approximate surface area is 172 Å². The fourth-order valence-corrected chi connectivity index (χ4v) is 4.85. The van der Waals surface area contributed by atoms with E-state index in [4.69, 9.17) is 4.74 Å². The van der Waals surface area contributed by atoms with Crippen molar-refractivity contribution < 1.29 is 19.1 Å². The third kappa shape index (κ3) is 4.39. The Balaban J connectivity index is 1.81. The SMILES string of the molecule is COC(=O)c1c(NC(=O)Cc2ccc(SC)cc2)sc2c1CCN(C(C)=O)C2. The van der Waals surface area contributed by atoms with Crippen LogP contribution in [0, 0.1) is 0 Å². The molecule has 8 heteroatoms. The molecule has 1 aliphatic heterocycles. The zero-order valence-corrected chi connectivity index (χ0v) is 17.7. The highest BCUT2D eigenvalue weighted by Gasteiger charge is 2.30. The summed E-state index contributed by atoms with van der Waals surface area (Å²) in [6.07, 6.45) is 2.79. The minimum absolute atomic E-state index is 0.00190. The highest BCUT2D eigenvalue weighted by molar-refractivity contribution is 7.98. The maximum absolute atomic E-state index is 12.6. The lowest BCUT2D eigenvalue weighted by molar-refractivity contribution is -0.129. The molecule has 0 atom stereocenters. The third-order valence-corrected chi connectivity index (χ3v) is 6.54. The second kappa shape index (κ2) is 8.79. The van der Waals surface area contributed by atoms with Crippen LogP contribution in [0.1, 0.15) is 33.3 Å². The highest BCUT2D eigenvalue weighted by atomic mass is 32.2. The summed E-state index contributed by atoms with van der Waals surface area (Å²) < 4.78 is 4.93. The molecule has 1 aromatic carbocycles. The first-order valence-corrected chi connectivity index (χ1v) is 10.9. The number of esters is 1. The second-order valence-electron chi connectivity index (χ2n) is 6.46. The summed E-state index contributed by atoms with van der Waals surface area (Å²) in [4.78, 5) is 40.4.